The highest BCUT2D eigenvalue weighted by Gasteiger charge is 2.20. The molecular formula is C10H9ClN2O2S2. The fraction of sp³-hybridized carbons (Fsp3) is 0.300. The van der Waals surface area contributed by atoms with Crippen LogP contribution in [0, 0.1) is 10.1 Å². The molecule has 0 amide bonds. The summed E-state index contributed by atoms with van der Waals surface area (Å²) in [6.45, 7) is 0.349. The molecule has 0 saturated heterocycles. The third kappa shape index (κ3) is 2.94. The lowest BCUT2D eigenvalue weighted by Crippen LogP contribution is -2.06. The standard InChI is InChI=1S/C10H9ClN2O2S2/c1-16-10-12-4-6-2-8(11)3-7(5-13(14)15)9(6)17-10/h2-3H,4-5H2,1H3. The molecule has 17 heavy (non-hydrogen) atoms. The molecule has 1 aliphatic rings. The highest BCUT2D eigenvalue weighted by Crippen LogP contribution is 2.37. The normalized spacial score (nSPS) is 14.1. The van der Waals surface area contributed by atoms with E-state index in [4.69, 9.17) is 11.6 Å². The van der Waals surface area contributed by atoms with Crippen molar-refractivity contribution in [1.29, 1.82) is 0 Å². The molecule has 4 nitrogen and oxygen atoms in total. The summed E-state index contributed by atoms with van der Waals surface area (Å²) in [5.41, 5.74) is 1.64. The van der Waals surface area contributed by atoms with Crippen molar-refractivity contribution in [2.45, 2.75) is 18.0 Å². The van der Waals surface area contributed by atoms with Gasteiger partial charge in [-0.25, -0.2) is 0 Å². The molecule has 7 heteroatoms. The fourth-order valence-corrected chi connectivity index (χ4v) is 3.45. The molecule has 0 atom stereocenters. The summed E-state index contributed by atoms with van der Waals surface area (Å²) < 4.78 is 0.935. The second kappa shape index (κ2) is 5.29. The van der Waals surface area contributed by atoms with Crippen LogP contribution in [0.2, 0.25) is 5.02 Å². The van der Waals surface area contributed by atoms with E-state index in [2.05, 4.69) is 4.99 Å². The molecule has 90 valence electrons. The van der Waals surface area contributed by atoms with Gasteiger partial charge in [0.2, 0.25) is 6.54 Å². The largest absolute Gasteiger partial charge is 0.267 e. The van der Waals surface area contributed by atoms with Gasteiger partial charge in [0.15, 0.2) is 0 Å². The van der Waals surface area contributed by atoms with Crippen molar-refractivity contribution in [3.63, 3.8) is 0 Å². The van der Waals surface area contributed by atoms with Gasteiger partial charge in [0.1, 0.15) is 4.38 Å². The highest BCUT2D eigenvalue weighted by molar-refractivity contribution is 8.38. The average molecular weight is 289 g/mol. The SMILES string of the molecule is CSC1=NCc2cc(Cl)cc(C[N+](=O)[O-])c2S1. The van der Waals surface area contributed by atoms with E-state index in [9.17, 15) is 10.1 Å². The summed E-state index contributed by atoms with van der Waals surface area (Å²) in [5, 5.41) is 11.2. The molecule has 0 radical (unpaired) electrons. The quantitative estimate of drug-likeness (QED) is 0.618. The van der Waals surface area contributed by atoms with Crippen LogP contribution in [0.5, 0.6) is 0 Å². The molecule has 1 aromatic carbocycles. The van der Waals surface area contributed by atoms with Crippen molar-refractivity contribution < 1.29 is 4.92 Å². The average Bonchev–Trinajstić information content (AvgIpc) is 2.27. The lowest BCUT2D eigenvalue weighted by Gasteiger charge is -2.16. The van der Waals surface area contributed by atoms with Crippen molar-refractivity contribution in [3.8, 4) is 0 Å². The Kier molecular flexibility index (Phi) is 3.96. The van der Waals surface area contributed by atoms with Crippen LogP contribution in [-0.4, -0.2) is 15.6 Å². The number of rotatable bonds is 2. The number of aliphatic imine (C=N–C) groups is 1. The predicted molar refractivity (Wildman–Crippen MR) is 72.7 cm³/mol. The Morgan fingerprint density at radius 2 is 2.41 bits per heavy atom. The number of nitro groups is 1. The van der Waals surface area contributed by atoms with Crippen molar-refractivity contribution >= 4 is 39.5 Å². The van der Waals surface area contributed by atoms with Crippen LogP contribution in [0.15, 0.2) is 22.0 Å². The van der Waals surface area contributed by atoms with E-state index < -0.39 is 0 Å². The van der Waals surface area contributed by atoms with E-state index in [-0.39, 0.29) is 11.5 Å². The van der Waals surface area contributed by atoms with E-state index in [1.54, 1.807) is 17.8 Å². The van der Waals surface area contributed by atoms with Gasteiger partial charge in [-0.2, -0.15) is 0 Å². The van der Waals surface area contributed by atoms with Gasteiger partial charge < -0.3 is 0 Å². The van der Waals surface area contributed by atoms with Gasteiger partial charge in [-0.15, -0.1) is 11.8 Å². The van der Waals surface area contributed by atoms with Gasteiger partial charge >= 0.3 is 0 Å². The van der Waals surface area contributed by atoms with E-state index in [0.29, 0.717) is 17.1 Å². The number of halogens is 1. The zero-order chi connectivity index (χ0) is 12.4. The molecule has 0 aliphatic carbocycles. The monoisotopic (exact) mass is 288 g/mol. The third-order valence-corrected chi connectivity index (χ3v) is 4.73. The minimum absolute atomic E-state index is 0.197. The highest BCUT2D eigenvalue weighted by atomic mass is 35.5. The van der Waals surface area contributed by atoms with Crippen molar-refractivity contribution in [2.24, 2.45) is 4.99 Å². The minimum atomic E-state index is -0.336. The molecule has 0 N–H and O–H groups in total. The van der Waals surface area contributed by atoms with Crippen LogP contribution in [0.25, 0.3) is 0 Å². The van der Waals surface area contributed by atoms with Gasteiger partial charge in [0, 0.05) is 20.4 Å². The minimum Gasteiger partial charge on any atom is -0.267 e. The van der Waals surface area contributed by atoms with Gasteiger partial charge in [-0.3, -0.25) is 15.1 Å². The number of fused-ring (bicyclic) bond motifs is 1. The van der Waals surface area contributed by atoms with Crippen LogP contribution < -0.4 is 0 Å². The molecule has 0 spiro atoms. The smallest absolute Gasteiger partial charge is 0.230 e. The van der Waals surface area contributed by atoms with E-state index in [1.165, 1.54) is 11.8 Å². The fourth-order valence-electron chi connectivity index (χ4n) is 1.59. The Morgan fingerprint density at radius 1 is 1.65 bits per heavy atom. The number of benzene rings is 1. The van der Waals surface area contributed by atoms with E-state index in [0.717, 1.165) is 14.8 Å². The predicted octanol–water partition coefficient (Wildman–Crippen LogP) is 3.44. The Morgan fingerprint density at radius 3 is 3.06 bits per heavy atom. The first-order valence-electron chi connectivity index (χ1n) is 4.79. The zero-order valence-electron chi connectivity index (χ0n) is 8.97. The first-order chi connectivity index (χ1) is 8.10. The Bertz CT molecular complexity index is 505. The molecule has 1 aliphatic heterocycles. The summed E-state index contributed by atoms with van der Waals surface area (Å²) in [6, 6.07) is 3.49. The van der Waals surface area contributed by atoms with Gasteiger partial charge in [-0.05, 0) is 24.0 Å². The summed E-state index contributed by atoms with van der Waals surface area (Å²) in [4.78, 5) is 15.6. The molecular weight excluding hydrogens is 280 g/mol. The first kappa shape index (κ1) is 12.7. The maximum Gasteiger partial charge on any atom is 0.230 e. The van der Waals surface area contributed by atoms with E-state index in [1.807, 2.05) is 12.3 Å². The maximum absolute atomic E-state index is 10.6. The van der Waals surface area contributed by atoms with Crippen molar-refractivity contribution in [3.05, 3.63) is 38.4 Å². The maximum atomic E-state index is 10.6. The second-order valence-corrected chi connectivity index (χ2v) is 5.92. The number of hydrogen-bond donors (Lipinski definition) is 0. The molecule has 0 unspecified atom stereocenters. The molecule has 0 bridgehead atoms. The first-order valence-corrected chi connectivity index (χ1v) is 7.21. The summed E-state index contributed by atoms with van der Waals surface area (Å²) in [5.74, 6) is 0. The second-order valence-electron chi connectivity index (χ2n) is 3.43. The van der Waals surface area contributed by atoms with E-state index >= 15 is 0 Å². The van der Waals surface area contributed by atoms with Crippen molar-refractivity contribution in [2.75, 3.05) is 6.26 Å². The molecule has 1 heterocycles. The van der Waals surface area contributed by atoms with Crippen LogP contribution in [-0.2, 0) is 13.1 Å². The van der Waals surface area contributed by atoms with Crippen molar-refractivity contribution in [1.82, 2.24) is 0 Å². The zero-order valence-corrected chi connectivity index (χ0v) is 11.4. The van der Waals surface area contributed by atoms with Crippen LogP contribution in [0.4, 0.5) is 0 Å². The van der Waals surface area contributed by atoms with Crippen LogP contribution in [0.1, 0.15) is 11.1 Å². The summed E-state index contributed by atoms with van der Waals surface area (Å²) in [7, 11) is 0. The number of nitrogens with zero attached hydrogens (tertiary/aromatic N) is 2. The molecule has 2 rings (SSSR count). The van der Waals surface area contributed by atoms with Gasteiger partial charge in [-0.1, -0.05) is 23.4 Å². The summed E-state index contributed by atoms with van der Waals surface area (Å²) in [6.07, 6.45) is 1.94. The van der Waals surface area contributed by atoms with Crippen LogP contribution in [0.3, 0.4) is 0 Å². The number of thioether (sulfide) groups is 2. The Balaban J connectivity index is 2.41. The Hall–Kier alpha value is -0.720. The van der Waals surface area contributed by atoms with Crippen LogP contribution >= 0.6 is 35.1 Å². The molecule has 0 fully saturated rings. The van der Waals surface area contributed by atoms with Gasteiger partial charge in [0.05, 0.1) is 6.54 Å². The molecule has 1 aromatic rings. The lowest BCUT2D eigenvalue weighted by molar-refractivity contribution is -0.497. The number of hydrogen-bond acceptors (Lipinski definition) is 5. The lowest BCUT2D eigenvalue weighted by atomic mass is 10.1. The molecule has 0 aromatic heterocycles. The molecule has 0 saturated carbocycles. The Labute approximate surface area is 112 Å². The van der Waals surface area contributed by atoms with Gasteiger partial charge in [0.25, 0.3) is 0 Å². The topological polar surface area (TPSA) is 55.5 Å². The summed E-state index contributed by atoms with van der Waals surface area (Å²) >= 11 is 8.99. The third-order valence-electron chi connectivity index (χ3n) is 2.25.